The number of hydrogen-bond acceptors (Lipinski definition) is 2. The van der Waals surface area contributed by atoms with Gasteiger partial charge in [-0.2, -0.15) is 0 Å². The van der Waals surface area contributed by atoms with Crippen LogP contribution in [-0.4, -0.2) is 18.4 Å². The van der Waals surface area contributed by atoms with Crippen molar-refractivity contribution in [3.8, 4) is 0 Å². The number of nitrogens with two attached hydrogens (primary N) is 2. The minimum Gasteiger partial charge on any atom is -0.370 e. The first-order valence-electron chi connectivity index (χ1n) is 6.06. The SMILES string of the molecule is CCCCNC(=O)c1ccc(CN=C(N)N)cc1. The van der Waals surface area contributed by atoms with E-state index in [-0.39, 0.29) is 11.9 Å². The molecule has 0 bridgehead atoms. The van der Waals surface area contributed by atoms with Gasteiger partial charge in [-0.1, -0.05) is 25.5 Å². The van der Waals surface area contributed by atoms with Crippen molar-refractivity contribution in [1.82, 2.24) is 5.32 Å². The highest BCUT2D eigenvalue weighted by Gasteiger charge is 2.03. The Hall–Kier alpha value is -2.04. The van der Waals surface area contributed by atoms with Crippen LogP contribution in [-0.2, 0) is 6.54 Å². The van der Waals surface area contributed by atoms with Crippen LogP contribution < -0.4 is 16.8 Å². The Kier molecular flexibility index (Phi) is 5.70. The molecule has 0 radical (unpaired) electrons. The van der Waals surface area contributed by atoms with Crippen molar-refractivity contribution in [2.45, 2.75) is 26.3 Å². The molecule has 0 saturated heterocycles. The Bertz CT molecular complexity index is 408. The Morgan fingerprint density at radius 1 is 1.28 bits per heavy atom. The Balaban J connectivity index is 2.54. The van der Waals surface area contributed by atoms with Crippen LogP contribution in [0.2, 0.25) is 0 Å². The molecule has 18 heavy (non-hydrogen) atoms. The van der Waals surface area contributed by atoms with Gasteiger partial charge in [0.1, 0.15) is 0 Å². The van der Waals surface area contributed by atoms with Gasteiger partial charge in [0.05, 0.1) is 6.54 Å². The molecule has 0 saturated carbocycles. The Labute approximate surface area is 107 Å². The number of amides is 1. The van der Waals surface area contributed by atoms with Gasteiger partial charge in [0.25, 0.3) is 5.91 Å². The number of guanidine groups is 1. The second-order valence-corrected chi connectivity index (χ2v) is 4.05. The number of nitrogens with zero attached hydrogens (tertiary/aromatic N) is 1. The van der Waals surface area contributed by atoms with E-state index >= 15 is 0 Å². The molecule has 1 aromatic carbocycles. The van der Waals surface area contributed by atoms with Gasteiger partial charge in [-0.05, 0) is 24.1 Å². The third-order valence-electron chi connectivity index (χ3n) is 2.48. The quantitative estimate of drug-likeness (QED) is 0.398. The number of aliphatic imine (C=N–C) groups is 1. The molecule has 0 unspecified atom stereocenters. The van der Waals surface area contributed by atoms with Crippen LogP contribution in [0.15, 0.2) is 29.3 Å². The molecule has 1 aromatic rings. The summed E-state index contributed by atoms with van der Waals surface area (Å²) in [6.45, 7) is 3.23. The second kappa shape index (κ2) is 7.32. The van der Waals surface area contributed by atoms with Gasteiger partial charge in [-0.15, -0.1) is 0 Å². The van der Waals surface area contributed by atoms with Gasteiger partial charge < -0.3 is 16.8 Å². The van der Waals surface area contributed by atoms with Crippen LogP contribution in [0.3, 0.4) is 0 Å². The van der Waals surface area contributed by atoms with Crippen LogP contribution in [0.25, 0.3) is 0 Å². The third-order valence-corrected chi connectivity index (χ3v) is 2.48. The summed E-state index contributed by atoms with van der Waals surface area (Å²) >= 11 is 0. The zero-order valence-electron chi connectivity index (χ0n) is 10.6. The average Bonchev–Trinajstić information content (AvgIpc) is 2.37. The molecule has 0 aliphatic rings. The van der Waals surface area contributed by atoms with E-state index in [1.165, 1.54) is 0 Å². The number of nitrogens with one attached hydrogen (secondary N) is 1. The maximum Gasteiger partial charge on any atom is 0.251 e. The highest BCUT2D eigenvalue weighted by molar-refractivity contribution is 5.94. The average molecular weight is 248 g/mol. The van der Waals surface area contributed by atoms with Crippen molar-refractivity contribution in [1.29, 1.82) is 0 Å². The molecule has 1 amide bonds. The summed E-state index contributed by atoms with van der Waals surface area (Å²) in [5.74, 6) is 0.0215. The lowest BCUT2D eigenvalue weighted by Crippen LogP contribution is -2.24. The first-order valence-corrected chi connectivity index (χ1v) is 6.06. The van der Waals surface area contributed by atoms with Crippen LogP contribution >= 0.6 is 0 Å². The van der Waals surface area contributed by atoms with Crippen molar-refractivity contribution in [3.05, 3.63) is 35.4 Å². The van der Waals surface area contributed by atoms with Gasteiger partial charge in [-0.3, -0.25) is 4.79 Å². The summed E-state index contributed by atoms with van der Waals surface area (Å²) in [4.78, 5) is 15.6. The summed E-state index contributed by atoms with van der Waals surface area (Å²) in [6, 6.07) is 7.25. The number of benzene rings is 1. The number of carbonyl (C=O) groups is 1. The molecule has 0 aliphatic heterocycles. The van der Waals surface area contributed by atoms with Gasteiger partial charge >= 0.3 is 0 Å². The van der Waals surface area contributed by atoms with E-state index in [0.717, 1.165) is 18.4 Å². The fourth-order valence-electron chi connectivity index (χ4n) is 1.42. The van der Waals surface area contributed by atoms with E-state index in [1.54, 1.807) is 12.1 Å². The highest BCUT2D eigenvalue weighted by Crippen LogP contribution is 2.05. The van der Waals surface area contributed by atoms with E-state index in [4.69, 9.17) is 11.5 Å². The topological polar surface area (TPSA) is 93.5 Å². The number of carbonyl (C=O) groups excluding carboxylic acids is 1. The van der Waals surface area contributed by atoms with E-state index in [2.05, 4.69) is 17.2 Å². The summed E-state index contributed by atoms with van der Waals surface area (Å²) in [7, 11) is 0. The molecule has 98 valence electrons. The van der Waals surface area contributed by atoms with Gasteiger partial charge in [-0.25, -0.2) is 4.99 Å². The molecule has 5 heteroatoms. The Morgan fingerprint density at radius 2 is 1.94 bits per heavy atom. The molecule has 5 nitrogen and oxygen atoms in total. The molecule has 0 atom stereocenters. The zero-order valence-corrected chi connectivity index (χ0v) is 10.6. The molecule has 0 spiro atoms. The monoisotopic (exact) mass is 248 g/mol. The number of unbranched alkanes of at least 4 members (excludes halogenated alkanes) is 1. The molecule has 0 heterocycles. The molecule has 0 aromatic heterocycles. The predicted octanol–water partition coefficient (Wildman–Crippen LogP) is 0.990. The minimum absolute atomic E-state index is 0.0446. The van der Waals surface area contributed by atoms with Crippen molar-refractivity contribution < 1.29 is 4.79 Å². The molecular weight excluding hydrogens is 228 g/mol. The van der Waals surface area contributed by atoms with E-state index in [0.29, 0.717) is 18.7 Å². The molecule has 5 N–H and O–H groups in total. The third kappa shape index (κ3) is 4.86. The Morgan fingerprint density at radius 3 is 2.50 bits per heavy atom. The predicted molar refractivity (Wildman–Crippen MR) is 73.2 cm³/mol. The van der Waals surface area contributed by atoms with Crippen LogP contribution in [0.5, 0.6) is 0 Å². The van der Waals surface area contributed by atoms with E-state index in [9.17, 15) is 4.79 Å². The summed E-state index contributed by atoms with van der Waals surface area (Å²) in [5.41, 5.74) is 12.1. The van der Waals surface area contributed by atoms with Crippen molar-refractivity contribution >= 4 is 11.9 Å². The standard InChI is InChI=1S/C13H20N4O/c1-2-3-8-16-12(18)11-6-4-10(5-7-11)9-17-13(14)15/h4-7H,2-3,8-9H2,1H3,(H,16,18)(H4,14,15,17). The van der Waals surface area contributed by atoms with Crippen LogP contribution in [0.1, 0.15) is 35.7 Å². The summed E-state index contributed by atoms with van der Waals surface area (Å²) < 4.78 is 0. The van der Waals surface area contributed by atoms with Crippen molar-refractivity contribution in [3.63, 3.8) is 0 Å². The minimum atomic E-state index is -0.0446. The largest absolute Gasteiger partial charge is 0.370 e. The van der Waals surface area contributed by atoms with E-state index in [1.807, 2.05) is 12.1 Å². The number of hydrogen-bond donors (Lipinski definition) is 3. The van der Waals surface area contributed by atoms with Crippen molar-refractivity contribution in [2.24, 2.45) is 16.5 Å². The fourth-order valence-corrected chi connectivity index (χ4v) is 1.42. The van der Waals surface area contributed by atoms with Crippen LogP contribution in [0, 0.1) is 0 Å². The second-order valence-electron chi connectivity index (χ2n) is 4.05. The van der Waals surface area contributed by atoms with Gasteiger partial charge in [0, 0.05) is 12.1 Å². The maximum absolute atomic E-state index is 11.7. The molecule has 0 aliphatic carbocycles. The first-order chi connectivity index (χ1) is 8.63. The fraction of sp³-hybridized carbons (Fsp3) is 0.385. The summed E-state index contributed by atoms with van der Waals surface area (Å²) in [5, 5.41) is 2.86. The molecular formula is C13H20N4O. The molecule has 0 fully saturated rings. The van der Waals surface area contributed by atoms with Gasteiger partial charge in [0.2, 0.25) is 0 Å². The lowest BCUT2D eigenvalue weighted by Gasteiger charge is -2.05. The first kappa shape index (κ1) is 14.0. The lowest BCUT2D eigenvalue weighted by molar-refractivity contribution is 0.0953. The highest BCUT2D eigenvalue weighted by atomic mass is 16.1. The lowest BCUT2D eigenvalue weighted by atomic mass is 10.1. The summed E-state index contributed by atoms with van der Waals surface area (Å²) in [6.07, 6.45) is 2.06. The van der Waals surface area contributed by atoms with Crippen LogP contribution in [0.4, 0.5) is 0 Å². The van der Waals surface area contributed by atoms with Gasteiger partial charge in [0.15, 0.2) is 5.96 Å². The molecule has 1 rings (SSSR count). The smallest absolute Gasteiger partial charge is 0.251 e. The zero-order chi connectivity index (χ0) is 13.4. The van der Waals surface area contributed by atoms with E-state index < -0.39 is 0 Å². The number of rotatable bonds is 6. The normalized spacial score (nSPS) is 9.83. The maximum atomic E-state index is 11.7. The van der Waals surface area contributed by atoms with Crippen molar-refractivity contribution in [2.75, 3.05) is 6.54 Å².